The Morgan fingerprint density at radius 3 is 2.29 bits per heavy atom. The van der Waals surface area contributed by atoms with E-state index < -0.39 is 5.97 Å². The summed E-state index contributed by atoms with van der Waals surface area (Å²) >= 11 is 1.77. The first-order valence-corrected chi connectivity index (χ1v) is 9.75. The number of carboxylic acid groups (broad SMARTS) is 1. The van der Waals surface area contributed by atoms with E-state index in [1.807, 2.05) is 24.3 Å². The molecule has 3 aromatic rings. The number of para-hydroxylation sites is 2. The molecule has 3 aromatic carbocycles. The zero-order chi connectivity index (χ0) is 19.5. The van der Waals surface area contributed by atoms with E-state index in [1.54, 1.807) is 30.0 Å². The number of hydrogen-bond acceptors (Lipinski definition) is 4. The molecular formula is C23H19NO3S. The van der Waals surface area contributed by atoms with Crippen molar-refractivity contribution >= 4 is 35.2 Å². The third-order valence-electron chi connectivity index (χ3n) is 4.59. The van der Waals surface area contributed by atoms with Crippen LogP contribution in [0.1, 0.15) is 15.9 Å². The van der Waals surface area contributed by atoms with E-state index >= 15 is 0 Å². The van der Waals surface area contributed by atoms with Crippen LogP contribution in [0.3, 0.4) is 0 Å². The minimum atomic E-state index is -0.990. The smallest absolute Gasteiger partial charge is 0.336 e. The highest BCUT2D eigenvalue weighted by molar-refractivity contribution is 7.99. The SMILES string of the molecule is C=Cc1ccc(OCCN2c3ccccc3Sc3ccccc32)cc1C(=O)O. The molecule has 5 heteroatoms. The zero-order valence-electron chi connectivity index (χ0n) is 15.2. The standard InChI is InChI=1S/C23H19NO3S/c1-2-16-11-12-17(15-18(16)23(25)26)27-14-13-24-19-7-3-5-9-21(19)28-22-10-6-4-8-20(22)24/h2-12,15H,1,13-14H2,(H,25,26). The molecule has 0 unspecified atom stereocenters. The third kappa shape index (κ3) is 3.49. The van der Waals surface area contributed by atoms with Crippen molar-refractivity contribution in [1.29, 1.82) is 0 Å². The molecule has 0 atom stereocenters. The summed E-state index contributed by atoms with van der Waals surface area (Å²) in [7, 11) is 0. The van der Waals surface area contributed by atoms with Crippen molar-refractivity contribution in [3.05, 3.63) is 84.4 Å². The summed E-state index contributed by atoms with van der Waals surface area (Å²) in [6.07, 6.45) is 1.53. The molecule has 0 aromatic heterocycles. The molecule has 140 valence electrons. The number of fused-ring (bicyclic) bond motifs is 2. The van der Waals surface area contributed by atoms with Crippen LogP contribution in [-0.4, -0.2) is 24.2 Å². The van der Waals surface area contributed by atoms with Gasteiger partial charge in [0.15, 0.2) is 0 Å². The Morgan fingerprint density at radius 2 is 1.68 bits per heavy atom. The number of hydrogen-bond donors (Lipinski definition) is 1. The van der Waals surface area contributed by atoms with Crippen molar-refractivity contribution in [3.63, 3.8) is 0 Å². The summed E-state index contributed by atoms with van der Waals surface area (Å²) in [6, 6.07) is 21.7. The summed E-state index contributed by atoms with van der Waals surface area (Å²) in [6.45, 7) is 4.74. The van der Waals surface area contributed by atoms with Crippen molar-refractivity contribution in [1.82, 2.24) is 0 Å². The second-order valence-corrected chi connectivity index (χ2v) is 7.38. The Morgan fingerprint density at radius 1 is 1.04 bits per heavy atom. The Hall–Kier alpha value is -3.18. The first kappa shape index (κ1) is 18.2. The van der Waals surface area contributed by atoms with Gasteiger partial charge in [0.2, 0.25) is 0 Å². The average molecular weight is 389 g/mol. The lowest BCUT2D eigenvalue weighted by Crippen LogP contribution is -2.26. The van der Waals surface area contributed by atoms with Gasteiger partial charge in [-0.2, -0.15) is 0 Å². The third-order valence-corrected chi connectivity index (χ3v) is 5.72. The maximum Gasteiger partial charge on any atom is 0.336 e. The maximum atomic E-state index is 11.4. The molecular weight excluding hydrogens is 370 g/mol. The number of nitrogens with zero attached hydrogens (tertiary/aromatic N) is 1. The molecule has 0 aliphatic carbocycles. The minimum Gasteiger partial charge on any atom is -0.492 e. The van der Waals surface area contributed by atoms with Gasteiger partial charge >= 0.3 is 5.97 Å². The number of benzene rings is 3. The number of carbonyl (C=O) groups is 1. The maximum absolute atomic E-state index is 11.4. The van der Waals surface area contributed by atoms with Crippen molar-refractivity contribution in [2.75, 3.05) is 18.1 Å². The highest BCUT2D eigenvalue weighted by Crippen LogP contribution is 2.47. The van der Waals surface area contributed by atoms with Gasteiger partial charge in [-0.15, -0.1) is 0 Å². The van der Waals surface area contributed by atoms with Crippen LogP contribution in [0.4, 0.5) is 11.4 Å². The average Bonchev–Trinajstić information content (AvgIpc) is 2.73. The number of anilines is 2. The molecule has 28 heavy (non-hydrogen) atoms. The fourth-order valence-corrected chi connectivity index (χ4v) is 4.36. The van der Waals surface area contributed by atoms with Crippen molar-refractivity contribution in [2.45, 2.75) is 9.79 Å². The van der Waals surface area contributed by atoms with E-state index in [1.165, 1.54) is 15.9 Å². The van der Waals surface area contributed by atoms with Crippen LogP contribution in [0.25, 0.3) is 6.08 Å². The lowest BCUT2D eigenvalue weighted by Gasteiger charge is -2.32. The number of carboxylic acids is 1. The van der Waals surface area contributed by atoms with Gasteiger partial charge in [0.05, 0.1) is 23.5 Å². The van der Waals surface area contributed by atoms with Gasteiger partial charge in [0.25, 0.3) is 0 Å². The first-order chi connectivity index (χ1) is 13.7. The Bertz CT molecular complexity index is 1000. The van der Waals surface area contributed by atoms with E-state index in [-0.39, 0.29) is 5.56 Å². The molecule has 4 rings (SSSR count). The quantitative estimate of drug-likeness (QED) is 0.585. The van der Waals surface area contributed by atoms with Gasteiger partial charge in [-0.25, -0.2) is 4.79 Å². The molecule has 0 bridgehead atoms. The predicted octanol–water partition coefficient (Wildman–Crippen LogP) is 5.71. The molecule has 0 spiro atoms. The second-order valence-electron chi connectivity index (χ2n) is 6.30. The van der Waals surface area contributed by atoms with Crippen molar-refractivity contribution in [3.8, 4) is 5.75 Å². The lowest BCUT2D eigenvalue weighted by atomic mass is 10.1. The Balaban J connectivity index is 1.54. The molecule has 1 heterocycles. The summed E-state index contributed by atoms with van der Waals surface area (Å²) in [4.78, 5) is 16.1. The summed E-state index contributed by atoms with van der Waals surface area (Å²) in [5, 5.41) is 9.36. The van der Waals surface area contributed by atoms with Crippen LogP contribution >= 0.6 is 11.8 Å². The summed E-state index contributed by atoms with van der Waals surface area (Å²) in [5.41, 5.74) is 3.08. The van der Waals surface area contributed by atoms with E-state index in [4.69, 9.17) is 4.74 Å². The van der Waals surface area contributed by atoms with Crippen molar-refractivity contribution < 1.29 is 14.6 Å². The first-order valence-electron chi connectivity index (χ1n) is 8.93. The summed E-state index contributed by atoms with van der Waals surface area (Å²) in [5.74, 6) is -0.452. The molecule has 0 saturated carbocycles. The highest BCUT2D eigenvalue weighted by Gasteiger charge is 2.22. The van der Waals surface area contributed by atoms with Crippen LogP contribution in [0, 0.1) is 0 Å². The number of rotatable bonds is 6. The number of aromatic carboxylic acids is 1. The van der Waals surface area contributed by atoms with Gasteiger partial charge in [0.1, 0.15) is 12.4 Å². The van der Waals surface area contributed by atoms with Gasteiger partial charge in [-0.1, -0.05) is 54.7 Å². The molecule has 4 nitrogen and oxygen atoms in total. The normalized spacial score (nSPS) is 12.1. The minimum absolute atomic E-state index is 0.192. The number of ether oxygens (including phenoxy) is 1. The molecule has 0 radical (unpaired) electrons. The van der Waals surface area contributed by atoms with Crippen LogP contribution in [0.5, 0.6) is 5.75 Å². The van der Waals surface area contributed by atoms with Crippen LogP contribution < -0.4 is 9.64 Å². The van der Waals surface area contributed by atoms with Gasteiger partial charge < -0.3 is 14.7 Å². The fraction of sp³-hybridized carbons (Fsp3) is 0.0870. The Kier molecular flexibility index (Phi) is 5.08. The molecule has 0 fully saturated rings. The molecule has 1 aliphatic heterocycles. The molecule has 0 saturated heterocycles. The largest absolute Gasteiger partial charge is 0.492 e. The van der Waals surface area contributed by atoms with E-state index in [0.29, 0.717) is 24.5 Å². The van der Waals surface area contributed by atoms with Gasteiger partial charge in [-0.05, 0) is 42.0 Å². The van der Waals surface area contributed by atoms with Crippen LogP contribution in [0.15, 0.2) is 83.1 Å². The van der Waals surface area contributed by atoms with Crippen molar-refractivity contribution in [2.24, 2.45) is 0 Å². The van der Waals surface area contributed by atoms with Crippen LogP contribution in [-0.2, 0) is 0 Å². The van der Waals surface area contributed by atoms with E-state index in [2.05, 4.69) is 35.7 Å². The Labute approximate surface area is 168 Å². The van der Waals surface area contributed by atoms with E-state index in [9.17, 15) is 9.90 Å². The predicted molar refractivity (Wildman–Crippen MR) is 113 cm³/mol. The van der Waals surface area contributed by atoms with Crippen LogP contribution in [0.2, 0.25) is 0 Å². The fourth-order valence-electron chi connectivity index (χ4n) is 3.27. The van der Waals surface area contributed by atoms with E-state index in [0.717, 1.165) is 11.4 Å². The molecule has 0 amide bonds. The highest BCUT2D eigenvalue weighted by atomic mass is 32.2. The van der Waals surface area contributed by atoms with Gasteiger partial charge in [-0.3, -0.25) is 0 Å². The zero-order valence-corrected chi connectivity index (χ0v) is 16.0. The molecule has 1 N–H and O–H groups in total. The summed E-state index contributed by atoms with van der Waals surface area (Å²) < 4.78 is 5.88. The topological polar surface area (TPSA) is 49.8 Å². The second kappa shape index (κ2) is 7.82. The monoisotopic (exact) mass is 389 g/mol. The lowest BCUT2D eigenvalue weighted by molar-refractivity contribution is 0.0696. The molecule has 1 aliphatic rings. The van der Waals surface area contributed by atoms with Gasteiger partial charge in [0, 0.05) is 9.79 Å².